The molecular weight excluding hydrogens is 679 g/mol. The molecule has 2 aliphatic heterocycles. The first-order valence-corrected chi connectivity index (χ1v) is 18.4. The molecule has 286 valence electrons. The first kappa shape index (κ1) is 39.4. The van der Waals surface area contributed by atoms with Gasteiger partial charge in [0.2, 0.25) is 5.75 Å². The number of urea groups is 1. The van der Waals surface area contributed by atoms with E-state index in [2.05, 4.69) is 22.3 Å². The predicted octanol–water partition coefficient (Wildman–Crippen LogP) is 6.07. The Balaban J connectivity index is 1.25. The molecule has 0 radical (unpaired) electrons. The molecule has 0 spiro atoms. The number of benzene rings is 3. The van der Waals surface area contributed by atoms with E-state index in [1.807, 2.05) is 23.1 Å². The van der Waals surface area contributed by atoms with Gasteiger partial charge >= 0.3 is 12.0 Å². The van der Waals surface area contributed by atoms with Crippen LogP contribution in [-0.2, 0) is 15.1 Å². The van der Waals surface area contributed by atoms with E-state index >= 15 is 0 Å². The van der Waals surface area contributed by atoms with E-state index in [9.17, 15) is 18.8 Å². The Labute approximate surface area is 312 Å². The normalized spacial score (nSPS) is 16.7. The van der Waals surface area contributed by atoms with E-state index in [4.69, 9.17) is 18.9 Å². The molecule has 12 heteroatoms. The fourth-order valence-electron chi connectivity index (χ4n) is 7.54. The van der Waals surface area contributed by atoms with Crippen LogP contribution in [0, 0.1) is 11.7 Å². The quantitative estimate of drug-likeness (QED) is 0.199. The third-order valence-electron chi connectivity index (χ3n) is 10.7. The highest BCUT2D eigenvalue weighted by molar-refractivity contribution is 5.95. The lowest BCUT2D eigenvalue weighted by Crippen LogP contribution is -2.57. The zero-order valence-electron chi connectivity index (χ0n) is 31.6. The van der Waals surface area contributed by atoms with Crippen LogP contribution in [0.15, 0.2) is 66.7 Å². The second kappa shape index (κ2) is 18.3. The van der Waals surface area contributed by atoms with Crippen molar-refractivity contribution in [1.82, 2.24) is 20.0 Å². The summed E-state index contributed by atoms with van der Waals surface area (Å²) in [7, 11) is 6.30. The number of likely N-dealkylation sites (N-methyl/N-ethyl adjacent to an activating group) is 1. The number of hydrogen-bond donors (Lipinski definition) is 1. The van der Waals surface area contributed by atoms with Gasteiger partial charge in [0.15, 0.2) is 11.5 Å². The average molecular weight is 733 g/mol. The highest BCUT2D eigenvalue weighted by Crippen LogP contribution is 2.39. The number of amides is 3. The summed E-state index contributed by atoms with van der Waals surface area (Å²) in [6.07, 6.45) is 3.37. The minimum absolute atomic E-state index is 0.0652. The van der Waals surface area contributed by atoms with Gasteiger partial charge in [-0.1, -0.05) is 42.5 Å². The molecule has 3 aromatic carbocycles. The fraction of sp³-hybridized carbons (Fsp3) is 0.488. The second-order valence-electron chi connectivity index (χ2n) is 13.9. The Morgan fingerprint density at radius 1 is 0.906 bits per heavy atom. The van der Waals surface area contributed by atoms with Gasteiger partial charge in [0, 0.05) is 51.3 Å². The molecule has 2 aliphatic rings. The monoisotopic (exact) mass is 732 g/mol. The van der Waals surface area contributed by atoms with Gasteiger partial charge in [0.1, 0.15) is 5.82 Å². The van der Waals surface area contributed by atoms with Gasteiger partial charge < -0.3 is 39.0 Å². The number of nitrogens with zero attached hydrogens (tertiary/aromatic N) is 3. The van der Waals surface area contributed by atoms with Crippen LogP contribution in [0.1, 0.15) is 66.4 Å². The number of carbonyl (C=O) groups is 3. The minimum atomic E-state index is -0.531. The molecule has 0 bridgehead atoms. The minimum Gasteiger partial charge on any atom is -0.493 e. The zero-order valence-corrected chi connectivity index (χ0v) is 31.6. The number of halogens is 1. The van der Waals surface area contributed by atoms with Crippen molar-refractivity contribution in [2.24, 2.45) is 5.92 Å². The molecular formula is C41H53FN4O7. The van der Waals surface area contributed by atoms with Crippen LogP contribution in [0.5, 0.6) is 17.2 Å². The number of rotatable bonds is 14. The van der Waals surface area contributed by atoms with Crippen molar-refractivity contribution in [3.8, 4) is 17.2 Å². The third kappa shape index (κ3) is 9.59. The largest absolute Gasteiger partial charge is 0.493 e. The Bertz CT molecular complexity index is 1650. The smallest absolute Gasteiger partial charge is 0.318 e. The van der Waals surface area contributed by atoms with Crippen LogP contribution in [0.4, 0.5) is 9.18 Å². The van der Waals surface area contributed by atoms with Crippen molar-refractivity contribution in [3.63, 3.8) is 0 Å². The Kier molecular flexibility index (Phi) is 13.6. The predicted molar refractivity (Wildman–Crippen MR) is 200 cm³/mol. The fourth-order valence-corrected chi connectivity index (χ4v) is 7.54. The van der Waals surface area contributed by atoms with Crippen LogP contribution in [0.2, 0.25) is 0 Å². The molecule has 53 heavy (non-hydrogen) atoms. The molecule has 0 aliphatic carbocycles. The van der Waals surface area contributed by atoms with Gasteiger partial charge in [-0.2, -0.15) is 0 Å². The summed E-state index contributed by atoms with van der Waals surface area (Å²) < 4.78 is 35.6. The van der Waals surface area contributed by atoms with Crippen molar-refractivity contribution < 1.29 is 37.7 Å². The van der Waals surface area contributed by atoms with Crippen LogP contribution in [0.25, 0.3) is 0 Å². The molecule has 0 saturated carbocycles. The van der Waals surface area contributed by atoms with Gasteiger partial charge in [-0.15, -0.1) is 0 Å². The molecule has 1 atom stereocenters. The number of methoxy groups -OCH3 is 3. The van der Waals surface area contributed by atoms with Crippen LogP contribution in [0.3, 0.4) is 0 Å². The van der Waals surface area contributed by atoms with Crippen molar-refractivity contribution in [3.05, 3.63) is 89.2 Å². The summed E-state index contributed by atoms with van der Waals surface area (Å²) in [5.74, 6) is 0.262. The third-order valence-corrected chi connectivity index (χ3v) is 10.7. The lowest BCUT2D eigenvalue weighted by Gasteiger charge is -2.44. The summed E-state index contributed by atoms with van der Waals surface area (Å²) in [6, 6.07) is 19.8. The number of esters is 1. The topological polar surface area (TPSA) is 110 Å². The van der Waals surface area contributed by atoms with E-state index in [1.54, 1.807) is 43.1 Å². The van der Waals surface area contributed by atoms with E-state index in [-0.39, 0.29) is 35.6 Å². The summed E-state index contributed by atoms with van der Waals surface area (Å²) >= 11 is 0. The Hall–Kier alpha value is -4.84. The molecule has 3 aromatic rings. The van der Waals surface area contributed by atoms with Gasteiger partial charge in [0.05, 0.1) is 39.4 Å². The van der Waals surface area contributed by atoms with Gasteiger partial charge in [0.25, 0.3) is 5.91 Å². The lowest BCUT2D eigenvalue weighted by atomic mass is 9.80. The molecule has 11 nitrogen and oxygen atoms in total. The molecule has 1 unspecified atom stereocenters. The van der Waals surface area contributed by atoms with Gasteiger partial charge in [-0.25, -0.2) is 9.18 Å². The molecule has 1 N–H and O–H groups in total. The van der Waals surface area contributed by atoms with Gasteiger partial charge in [-0.3, -0.25) is 9.59 Å². The van der Waals surface area contributed by atoms with Crippen LogP contribution in [-0.4, -0.2) is 107 Å². The molecule has 3 amide bonds. The molecule has 0 aromatic heterocycles. The van der Waals surface area contributed by atoms with Crippen LogP contribution < -0.4 is 19.5 Å². The maximum Gasteiger partial charge on any atom is 0.318 e. The first-order chi connectivity index (χ1) is 25.6. The summed E-state index contributed by atoms with van der Waals surface area (Å²) in [5, 5.41) is 3.42. The molecule has 2 saturated heterocycles. The number of carbonyl (C=O) groups excluding carboxylic acids is 3. The van der Waals surface area contributed by atoms with Crippen molar-refractivity contribution in [1.29, 1.82) is 0 Å². The molecule has 2 heterocycles. The maximum absolute atomic E-state index is 14.0. The number of hydrogen-bond acceptors (Lipinski definition) is 8. The Morgan fingerprint density at radius 3 is 2.09 bits per heavy atom. The number of piperidine rings is 2. The molecule has 2 fully saturated rings. The standard InChI is InChI=1S/C41H53FN4O7/c1-6-53-39(48)30-17-22-46(23-18-30)40(49)43-41(33-10-8-7-9-11-33)19-24-45(25-20-41)21-16-31(29-12-14-34(42)15-13-29)28-44(2)38(47)32-26-35(50-3)37(52-5)36(27-32)51-4/h7-15,26-27,30-31H,6,16-25,28H2,1-5H3,(H,43,49). The van der Waals surface area contributed by atoms with Gasteiger partial charge in [-0.05, 0) is 81.0 Å². The first-order valence-electron chi connectivity index (χ1n) is 18.4. The average Bonchev–Trinajstić information content (AvgIpc) is 3.19. The lowest BCUT2D eigenvalue weighted by molar-refractivity contribution is -0.149. The van der Waals surface area contributed by atoms with E-state index in [1.165, 1.54) is 33.5 Å². The van der Waals surface area contributed by atoms with E-state index in [0.717, 1.165) is 50.0 Å². The van der Waals surface area contributed by atoms with Crippen molar-refractivity contribution in [2.45, 2.75) is 50.5 Å². The summed E-state index contributed by atoms with van der Waals surface area (Å²) in [4.78, 5) is 45.6. The van der Waals surface area contributed by atoms with E-state index < -0.39 is 5.54 Å². The summed E-state index contributed by atoms with van der Waals surface area (Å²) in [5.41, 5.74) is 1.89. The number of ether oxygens (including phenoxy) is 4. The molecule has 5 rings (SSSR count). The highest BCUT2D eigenvalue weighted by Gasteiger charge is 2.39. The van der Waals surface area contributed by atoms with E-state index in [0.29, 0.717) is 61.9 Å². The van der Waals surface area contributed by atoms with Crippen molar-refractivity contribution >= 4 is 17.9 Å². The second-order valence-corrected chi connectivity index (χ2v) is 13.9. The Morgan fingerprint density at radius 2 is 1.53 bits per heavy atom. The SMILES string of the molecule is CCOC(=O)C1CCN(C(=O)NC2(c3ccccc3)CCN(CCC(CN(C)C(=O)c3cc(OC)c(OC)c(OC)c3)c3ccc(F)cc3)CC2)CC1. The zero-order chi connectivity index (χ0) is 38.0. The highest BCUT2D eigenvalue weighted by atomic mass is 19.1. The summed E-state index contributed by atoms with van der Waals surface area (Å²) in [6.45, 7) is 5.87. The maximum atomic E-state index is 14.0. The van der Waals surface area contributed by atoms with Crippen molar-refractivity contribution in [2.75, 3.05) is 74.3 Å². The van der Waals surface area contributed by atoms with Crippen LogP contribution >= 0.6 is 0 Å². The number of likely N-dealkylation sites (tertiary alicyclic amines) is 2. The number of nitrogens with one attached hydrogen (secondary N) is 1.